The minimum absolute atomic E-state index is 0.0156. The highest BCUT2D eigenvalue weighted by Gasteiger charge is 2.29. The third-order valence-electron chi connectivity index (χ3n) is 4.09. The highest BCUT2D eigenvalue weighted by atomic mass is 16.6. The molecule has 0 saturated carbocycles. The number of hydrogen-bond acceptors (Lipinski definition) is 6. The molecule has 0 aliphatic carbocycles. The van der Waals surface area contributed by atoms with E-state index < -0.39 is 4.92 Å². The van der Waals surface area contributed by atoms with Crippen LogP contribution in [0.4, 0.5) is 11.5 Å². The lowest BCUT2D eigenvalue weighted by atomic mass is 10.2. The molecule has 24 heavy (non-hydrogen) atoms. The molecule has 3 rings (SSSR count). The zero-order chi connectivity index (χ0) is 16.9. The SMILES string of the molecule is Cc1ccc(Oc2ncnc(N3CCCCCC3)c2[N+](=O)[O-])cc1. The number of anilines is 1. The minimum atomic E-state index is -0.455. The molecule has 126 valence electrons. The van der Waals surface area contributed by atoms with Crippen LogP contribution >= 0.6 is 0 Å². The van der Waals surface area contributed by atoms with E-state index in [0.717, 1.165) is 44.3 Å². The van der Waals surface area contributed by atoms with Gasteiger partial charge in [-0.25, -0.2) is 4.98 Å². The summed E-state index contributed by atoms with van der Waals surface area (Å²) in [7, 11) is 0. The Labute approximate surface area is 140 Å². The number of nitro groups is 1. The first kappa shape index (κ1) is 16.2. The van der Waals surface area contributed by atoms with Gasteiger partial charge in [0.25, 0.3) is 0 Å². The Balaban J connectivity index is 1.95. The van der Waals surface area contributed by atoms with Crippen LogP contribution in [0.1, 0.15) is 31.2 Å². The number of nitrogens with zero attached hydrogens (tertiary/aromatic N) is 4. The van der Waals surface area contributed by atoms with Gasteiger partial charge in [0.15, 0.2) is 0 Å². The number of aromatic nitrogens is 2. The molecule has 1 saturated heterocycles. The number of ether oxygens (including phenoxy) is 1. The molecular formula is C17H20N4O3. The molecule has 1 aliphatic rings. The molecule has 2 heterocycles. The summed E-state index contributed by atoms with van der Waals surface area (Å²) >= 11 is 0. The van der Waals surface area contributed by atoms with Gasteiger partial charge in [-0.2, -0.15) is 4.98 Å². The van der Waals surface area contributed by atoms with Crippen LogP contribution in [0.25, 0.3) is 0 Å². The summed E-state index contributed by atoms with van der Waals surface area (Å²) in [6.07, 6.45) is 5.63. The molecular weight excluding hydrogens is 308 g/mol. The van der Waals surface area contributed by atoms with Gasteiger partial charge in [0, 0.05) is 13.1 Å². The van der Waals surface area contributed by atoms with Crippen molar-refractivity contribution in [3.63, 3.8) is 0 Å². The van der Waals surface area contributed by atoms with E-state index in [-0.39, 0.29) is 11.6 Å². The van der Waals surface area contributed by atoms with Gasteiger partial charge >= 0.3 is 11.6 Å². The molecule has 1 fully saturated rings. The molecule has 1 aromatic heterocycles. The molecule has 0 unspecified atom stereocenters. The monoisotopic (exact) mass is 328 g/mol. The summed E-state index contributed by atoms with van der Waals surface area (Å²) < 4.78 is 5.67. The second-order valence-electron chi connectivity index (χ2n) is 5.92. The fraction of sp³-hybridized carbons (Fsp3) is 0.412. The number of hydrogen-bond donors (Lipinski definition) is 0. The van der Waals surface area contributed by atoms with Crippen LogP contribution in [-0.2, 0) is 0 Å². The first-order chi connectivity index (χ1) is 11.6. The zero-order valence-corrected chi connectivity index (χ0v) is 13.6. The Kier molecular flexibility index (Phi) is 4.88. The van der Waals surface area contributed by atoms with Crippen LogP contribution < -0.4 is 9.64 Å². The van der Waals surface area contributed by atoms with E-state index in [1.54, 1.807) is 12.1 Å². The second-order valence-corrected chi connectivity index (χ2v) is 5.92. The van der Waals surface area contributed by atoms with Crippen molar-refractivity contribution in [2.75, 3.05) is 18.0 Å². The molecule has 0 bridgehead atoms. The van der Waals surface area contributed by atoms with Crippen molar-refractivity contribution in [1.82, 2.24) is 9.97 Å². The van der Waals surface area contributed by atoms with Crippen molar-refractivity contribution in [2.24, 2.45) is 0 Å². The van der Waals surface area contributed by atoms with Gasteiger partial charge < -0.3 is 9.64 Å². The molecule has 2 aromatic rings. The molecule has 0 amide bonds. The molecule has 0 atom stereocenters. The first-order valence-electron chi connectivity index (χ1n) is 8.14. The Morgan fingerprint density at radius 1 is 1.08 bits per heavy atom. The van der Waals surface area contributed by atoms with Crippen LogP contribution in [0.2, 0.25) is 0 Å². The van der Waals surface area contributed by atoms with E-state index in [1.165, 1.54) is 6.33 Å². The maximum atomic E-state index is 11.6. The van der Waals surface area contributed by atoms with Gasteiger partial charge in [-0.1, -0.05) is 30.5 Å². The normalized spacial score (nSPS) is 15.0. The highest BCUT2D eigenvalue weighted by Crippen LogP contribution is 2.36. The van der Waals surface area contributed by atoms with E-state index in [9.17, 15) is 10.1 Å². The Morgan fingerprint density at radius 3 is 2.38 bits per heavy atom. The lowest BCUT2D eigenvalue weighted by Crippen LogP contribution is -2.26. The first-order valence-corrected chi connectivity index (χ1v) is 8.14. The van der Waals surface area contributed by atoms with Gasteiger partial charge in [-0.3, -0.25) is 10.1 Å². The lowest BCUT2D eigenvalue weighted by Gasteiger charge is -2.21. The summed E-state index contributed by atoms with van der Waals surface area (Å²) in [6, 6.07) is 7.32. The molecule has 0 N–H and O–H groups in total. The summed E-state index contributed by atoms with van der Waals surface area (Å²) in [6.45, 7) is 3.50. The van der Waals surface area contributed by atoms with Crippen LogP contribution in [0, 0.1) is 17.0 Å². The van der Waals surface area contributed by atoms with Crippen molar-refractivity contribution in [3.05, 3.63) is 46.3 Å². The van der Waals surface area contributed by atoms with Crippen LogP contribution in [0.5, 0.6) is 11.6 Å². The van der Waals surface area contributed by atoms with Crippen LogP contribution in [0.15, 0.2) is 30.6 Å². The Hall–Kier alpha value is -2.70. The fourth-order valence-electron chi connectivity index (χ4n) is 2.82. The third kappa shape index (κ3) is 3.61. The van der Waals surface area contributed by atoms with Crippen molar-refractivity contribution in [2.45, 2.75) is 32.6 Å². The standard InChI is InChI=1S/C17H20N4O3/c1-13-6-8-14(9-7-13)24-17-15(21(22)23)16(18-12-19-17)20-10-4-2-3-5-11-20/h6-9,12H,2-5,10-11H2,1H3. The topological polar surface area (TPSA) is 81.4 Å². The minimum Gasteiger partial charge on any atom is -0.434 e. The van der Waals surface area contributed by atoms with E-state index in [0.29, 0.717) is 11.6 Å². The van der Waals surface area contributed by atoms with Crippen molar-refractivity contribution < 1.29 is 9.66 Å². The molecule has 1 aromatic carbocycles. The summed E-state index contributed by atoms with van der Waals surface area (Å²) in [5.74, 6) is 0.848. The maximum absolute atomic E-state index is 11.6. The molecule has 7 heteroatoms. The average Bonchev–Trinajstić information content (AvgIpc) is 2.86. The van der Waals surface area contributed by atoms with Gasteiger partial charge in [0.05, 0.1) is 4.92 Å². The molecule has 7 nitrogen and oxygen atoms in total. The van der Waals surface area contributed by atoms with Gasteiger partial charge in [0.2, 0.25) is 5.82 Å². The van der Waals surface area contributed by atoms with E-state index in [2.05, 4.69) is 9.97 Å². The molecule has 0 radical (unpaired) electrons. The fourth-order valence-corrected chi connectivity index (χ4v) is 2.82. The van der Waals surface area contributed by atoms with Crippen molar-refractivity contribution >= 4 is 11.5 Å². The third-order valence-corrected chi connectivity index (χ3v) is 4.09. The number of benzene rings is 1. The van der Waals surface area contributed by atoms with Crippen molar-refractivity contribution in [3.8, 4) is 11.6 Å². The average molecular weight is 328 g/mol. The predicted octanol–water partition coefficient (Wildman–Crippen LogP) is 3.87. The summed E-state index contributed by atoms with van der Waals surface area (Å²) in [5.41, 5.74) is 0.921. The quantitative estimate of drug-likeness (QED) is 0.626. The zero-order valence-electron chi connectivity index (χ0n) is 13.6. The van der Waals surface area contributed by atoms with Crippen LogP contribution in [-0.4, -0.2) is 28.0 Å². The Bertz CT molecular complexity index is 710. The smallest absolute Gasteiger partial charge is 0.373 e. The second kappa shape index (κ2) is 7.25. The van der Waals surface area contributed by atoms with Crippen molar-refractivity contribution in [1.29, 1.82) is 0 Å². The van der Waals surface area contributed by atoms with Gasteiger partial charge in [-0.05, 0) is 31.9 Å². The van der Waals surface area contributed by atoms with Crippen LogP contribution in [0.3, 0.4) is 0 Å². The predicted molar refractivity (Wildman–Crippen MR) is 90.6 cm³/mol. The molecule has 0 spiro atoms. The van der Waals surface area contributed by atoms with Gasteiger partial charge in [0.1, 0.15) is 12.1 Å². The van der Waals surface area contributed by atoms with Gasteiger partial charge in [-0.15, -0.1) is 0 Å². The largest absolute Gasteiger partial charge is 0.434 e. The van der Waals surface area contributed by atoms with E-state index >= 15 is 0 Å². The highest BCUT2D eigenvalue weighted by molar-refractivity contribution is 5.63. The molecule has 1 aliphatic heterocycles. The number of rotatable bonds is 4. The number of aryl methyl sites for hydroxylation is 1. The maximum Gasteiger partial charge on any atom is 0.373 e. The Morgan fingerprint density at radius 2 is 1.75 bits per heavy atom. The van der Waals surface area contributed by atoms with E-state index in [4.69, 9.17) is 4.74 Å². The summed E-state index contributed by atoms with van der Waals surface area (Å²) in [5, 5.41) is 11.6. The van der Waals surface area contributed by atoms with E-state index in [1.807, 2.05) is 24.0 Å². The lowest BCUT2D eigenvalue weighted by molar-refractivity contribution is -0.385. The summed E-state index contributed by atoms with van der Waals surface area (Å²) in [4.78, 5) is 21.3.